The van der Waals surface area contributed by atoms with Crippen LogP contribution in [0.1, 0.15) is 16.2 Å². The molecule has 0 unspecified atom stereocenters. The third-order valence-electron chi connectivity index (χ3n) is 6.04. The molecule has 0 aliphatic carbocycles. The van der Waals surface area contributed by atoms with Gasteiger partial charge in [0.15, 0.2) is 5.69 Å². The Morgan fingerprint density at radius 1 is 1.16 bits per heavy atom. The SMILES string of the molecule is COC(=O)c1nc(-c2cnc3cc(F)ccn23)ccc1Nc1ccc(N2CCOCC2)c(CN(C)C)n1. The summed E-state index contributed by atoms with van der Waals surface area (Å²) in [4.78, 5) is 30.7. The second-order valence-electron chi connectivity index (χ2n) is 8.93. The van der Waals surface area contributed by atoms with E-state index in [0.717, 1.165) is 24.5 Å². The average Bonchev–Trinajstić information content (AvgIpc) is 3.32. The van der Waals surface area contributed by atoms with E-state index in [0.29, 0.717) is 48.3 Å². The molecule has 0 aromatic carbocycles. The molecular weight excluding hydrogens is 477 g/mol. The predicted octanol–water partition coefficient (Wildman–Crippen LogP) is 3.36. The van der Waals surface area contributed by atoms with Crippen LogP contribution < -0.4 is 10.2 Å². The average molecular weight is 506 g/mol. The third-order valence-corrected chi connectivity index (χ3v) is 6.04. The zero-order valence-electron chi connectivity index (χ0n) is 20.9. The largest absolute Gasteiger partial charge is 0.464 e. The number of carbonyl (C=O) groups is 1. The van der Waals surface area contributed by atoms with Crippen LogP contribution in [0.25, 0.3) is 17.0 Å². The van der Waals surface area contributed by atoms with Crippen LogP contribution >= 0.6 is 0 Å². The van der Waals surface area contributed by atoms with Gasteiger partial charge >= 0.3 is 5.97 Å². The number of morpholine rings is 1. The molecule has 1 saturated heterocycles. The van der Waals surface area contributed by atoms with Gasteiger partial charge in [0.2, 0.25) is 0 Å². The summed E-state index contributed by atoms with van der Waals surface area (Å²) in [5.41, 5.74) is 4.09. The summed E-state index contributed by atoms with van der Waals surface area (Å²) in [6.45, 7) is 3.64. The maximum atomic E-state index is 13.6. The lowest BCUT2D eigenvalue weighted by Gasteiger charge is -2.31. The van der Waals surface area contributed by atoms with Crippen LogP contribution in [-0.4, -0.2) is 77.7 Å². The maximum absolute atomic E-state index is 13.6. The highest BCUT2D eigenvalue weighted by atomic mass is 19.1. The number of esters is 1. The number of ether oxygens (including phenoxy) is 2. The first kappa shape index (κ1) is 24.6. The first-order chi connectivity index (χ1) is 17.9. The molecule has 1 N–H and O–H groups in total. The molecule has 0 bridgehead atoms. The van der Waals surface area contributed by atoms with E-state index in [4.69, 9.17) is 14.5 Å². The Balaban J connectivity index is 1.49. The van der Waals surface area contributed by atoms with Crippen LogP contribution in [0.3, 0.4) is 0 Å². The summed E-state index contributed by atoms with van der Waals surface area (Å²) in [5.74, 6) is -0.394. The van der Waals surface area contributed by atoms with E-state index in [-0.39, 0.29) is 11.5 Å². The van der Waals surface area contributed by atoms with Crippen molar-refractivity contribution in [1.82, 2.24) is 24.3 Å². The van der Waals surface area contributed by atoms with Crippen molar-refractivity contribution in [2.75, 3.05) is 57.7 Å². The highest BCUT2D eigenvalue weighted by Crippen LogP contribution is 2.28. The minimum absolute atomic E-state index is 0.102. The number of aromatic nitrogens is 4. The van der Waals surface area contributed by atoms with E-state index in [2.05, 4.69) is 25.1 Å². The molecule has 0 atom stereocenters. The first-order valence-corrected chi connectivity index (χ1v) is 11.9. The molecule has 5 rings (SSSR count). The predicted molar refractivity (Wildman–Crippen MR) is 138 cm³/mol. The van der Waals surface area contributed by atoms with Crippen LogP contribution in [-0.2, 0) is 16.0 Å². The number of pyridine rings is 3. The topological polar surface area (TPSA) is 97.1 Å². The van der Waals surface area contributed by atoms with E-state index < -0.39 is 5.97 Å². The van der Waals surface area contributed by atoms with Crippen molar-refractivity contribution in [3.05, 3.63) is 66.0 Å². The van der Waals surface area contributed by atoms with Crippen molar-refractivity contribution in [3.63, 3.8) is 0 Å². The number of anilines is 3. The number of hydrogen-bond donors (Lipinski definition) is 1. The zero-order chi connectivity index (χ0) is 25.9. The number of halogens is 1. The van der Waals surface area contributed by atoms with Gasteiger partial charge in [-0.3, -0.25) is 4.40 Å². The molecule has 0 saturated carbocycles. The van der Waals surface area contributed by atoms with Gasteiger partial charge in [-0.1, -0.05) is 0 Å². The zero-order valence-corrected chi connectivity index (χ0v) is 20.9. The van der Waals surface area contributed by atoms with E-state index in [1.54, 1.807) is 28.9 Å². The summed E-state index contributed by atoms with van der Waals surface area (Å²) in [6, 6.07) is 10.1. The van der Waals surface area contributed by atoms with Gasteiger partial charge in [0.1, 0.15) is 17.3 Å². The number of rotatable bonds is 7. The van der Waals surface area contributed by atoms with Crippen molar-refractivity contribution in [1.29, 1.82) is 0 Å². The molecule has 10 nitrogen and oxygen atoms in total. The summed E-state index contributed by atoms with van der Waals surface area (Å²) < 4.78 is 25.8. The maximum Gasteiger partial charge on any atom is 0.358 e. The van der Waals surface area contributed by atoms with Crippen LogP contribution in [0.4, 0.5) is 21.6 Å². The number of carbonyl (C=O) groups excluding carboxylic acids is 1. The van der Waals surface area contributed by atoms with Gasteiger partial charge in [-0.2, -0.15) is 0 Å². The number of methoxy groups -OCH3 is 1. The number of hydrogen-bond acceptors (Lipinski definition) is 9. The molecule has 0 amide bonds. The van der Waals surface area contributed by atoms with Crippen LogP contribution in [0.15, 0.2) is 48.8 Å². The Morgan fingerprint density at radius 3 is 2.73 bits per heavy atom. The molecular formula is C26H28FN7O3. The van der Waals surface area contributed by atoms with Gasteiger partial charge in [0, 0.05) is 31.9 Å². The van der Waals surface area contributed by atoms with Crippen molar-refractivity contribution in [3.8, 4) is 11.4 Å². The summed E-state index contributed by atoms with van der Waals surface area (Å²) in [7, 11) is 5.30. The lowest BCUT2D eigenvalue weighted by molar-refractivity contribution is 0.0595. The fraction of sp³-hybridized carbons (Fsp3) is 0.308. The summed E-state index contributed by atoms with van der Waals surface area (Å²) in [6.07, 6.45) is 3.16. The number of imidazole rings is 1. The molecule has 1 fully saturated rings. The number of fused-ring (bicyclic) bond motifs is 1. The minimum Gasteiger partial charge on any atom is -0.464 e. The van der Waals surface area contributed by atoms with Crippen LogP contribution in [0.5, 0.6) is 0 Å². The summed E-state index contributed by atoms with van der Waals surface area (Å²) in [5, 5.41) is 3.24. The van der Waals surface area contributed by atoms with Crippen molar-refractivity contribution >= 4 is 28.8 Å². The van der Waals surface area contributed by atoms with Gasteiger partial charge < -0.3 is 24.6 Å². The molecule has 0 radical (unpaired) electrons. The van der Waals surface area contributed by atoms with Gasteiger partial charge in [-0.25, -0.2) is 24.1 Å². The van der Waals surface area contributed by atoms with Gasteiger partial charge in [0.25, 0.3) is 0 Å². The van der Waals surface area contributed by atoms with Crippen molar-refractivity contribution < 1.29 is 18.7 Å². The quantitative estimate of drug-likeness (QED) is 0.379. The lowest BCUT2D eigenvalue weighted by atomic mass is 10.2. The normalized spacial score (nSPS) is 13.8. The highest BCUT2D eigenvalue weighted by molar-refractivity contribution is 5.95. The Labute approximate surface area is 213 Å². The number of nitrogens with one attached hydrogen (secondary N) is 1. The third kappa shape index (κ3) is 5.23. The molecule has 1 aliphatic rings. The van der Waals surface area contributed by atoms with Gasteiger partial charge in [0.05, 0.1) is 55.0 Å². The lowest BCUT2D eigenvalue weighted by Crippen LogP contribution is -2.37. The molecule has 4 aromatic rings. The van der Waals surface area contributed by atoms with E-state index in [1.807, 2.05) is 26.2 Å². The Bertz CT molecular complexity index is 1430. The second kappa shape index (κ2) is 10.5. The van der Waals surface area contributed by atoms with E-state index in [1.165, 1.54) is 19.2 Å². The molecule has 4 aromatic heterocycles. The van der Waals surface area contributed by atoms with Crippen molar-refractivity contribution in [2.24, 2.45) is 0 Å². The van der Waals surface area contributed by atoms with Gasteiger partial charge in [-0.15, -0.1) is 0 Å². The molecule has 1 aliphatic heterocycles. The minimum atomic E-state index is -0.595. The van der Waals surface area contributed by atoms with E-state index in [9.17, 15) is 9.18 Å². The fourth-order valence-corrected chi connectivity index (χ4v) is 4.31. The van der Waals surface area contributed by atoms with Crippen molar-refractivity contribution in [2.45, 2.75) is 6.54 Å². The second-order valence-corrected chi connectivity index (χ2v) is 8.93. The Hall–Kier alpha value is -4.09. The number of nitrogens with zero attached hydrogens (tertiary/aromatic N) is 6. The molecule has 37 heavy (non-hydrogen) atoms. The Kier molecular flexibility index (Phi) is 6.97. The summed E-state index contributed by atoms with van der Waals surface area (Å²) >= 11 is 0. The standard InChI is InChI=1S/C26H28FN7O3/c1-32(2)16-20-21(33-10-12-37-13-11-33)6-7-23(30-20)29-19-5-4-18(31-25(19)26(35)36-3)22-15-28-24-14-17(27)8-9-34(22)24/h4-9,14-15H,10-13,16H2,1-3H3,(H,29,30). The fourth-order valence-electron chi connectivity index (χ4n) is 4.31. The van der Waals surface area contributed by atoms with Crippen LogP contribution in [0.2, 0.25) is 0 Å². The Morgan fingerprint density at radius 2 is 1.97 bits per heavy atom. The molecule has 0 spiro atoms. The molecule has 5 heterocycles. The molecule has 11 heteroatoms. The van der Waals surface area contributed by atoms with Gasteiger partial charge in [-0.05, 0) is 44.4 Å². The van der Waals surface area contributed by atoms with Crippen LogP contribution in [0, 0.1) is 5.82 Å². The molecule has 192 valence electrons. The smallest absolute Gasteiger partial charge is 0.358 e. The first-order valence-electron chi connectivity index (χ1n) is 11.9. The monoisotopic (exact) mass is 505 g/mol. The van der Waals surface area contributed by atoms with E-state index >= 15 is 0 Å². The highest BCUT2D eigenvalue weighted by Gasteiger charge is 2.20.